The summed E-state index contributed by atoms with van der Waals surface area (Å²) < 4.78 is 9.14. The molecule has 6 heterocycles. The molecule has 0 bridgehead atoms. The minimum Gasteiger partial charge on any atom is -0.311 e. The number of hydrogen-bond acceptors (Lipinski definition) is 4. The van der Waals surface area contributed by atoms with Crippen LogP contribution >= 0.6 is 0 Å². The lowest BCUT2D eigenvalue weighted by Crippen LogP contribution is -2.06. The molecular weight excluding hydrogens is 761 g/mol. The van der Waals surface area contributed by atoms with E-state index in [2.05, 4.69) is 195 Å². The highest BCUT2D eigenvalue weighted by Crippen LogP contribution is 2.42. The highest BCUT2D eigenvalue weighted by atomic mass is 15.2. The van der Waals surface area contributed by atoms with Gasteiger partial charge in [0, 0.05) is 66.9 Å². The molecule has 0 unspecified atom stereocenters. The first-order valence-electron chi connectivity index (χ1n) is 20.9. The molecule has 7 aromatic carbocycles. The van der Waals surface area contributed by atoms with Gasteiger partial charge in [-0.2, -0.15) is 9.97 Å². The van der Waals surface area contributed by atoms with Gasteiger partial charge in [-0.25, -0.2) is 9.97 Å². The lowest BCUT2D eigenvalue weighted by Gasteiger charge is -2.12. The molecule has 0 aliphatic heterocycles. The average molecular weight is 797 g/mol. The van der Waals surface area contributed by atoms with Gasteiger partial charge in [0.25, 0.3) is 0 Å². The molecule has 0 amide bonds. The van der Waals surface area contributed by atoms with E-state index in [-0.39, 0.29) is 0 Å². The molecule has 0 radical (unpaired) electrons. The van der Waals surface area contributed by atoms with Crippen molar-refractivity contribution in [2.24, 2.45) is 0 Å². The number of benzene rings is 7. The van der Waals surface area contributed by atoms with E-state index < -0.39 is 0 Å². The highest BCUT2D eigenvalue weighted by molar-refractivity contribution is 6.24. The number of fused-ring (bicyclic) bond motifs is 14. The molecule has 292 valence electrons. The van der Waals surface area contributed by atoms with Gasteiger partial charge in [-0.3, -0.25) is 9.13 Å². The van der Waals surface area contributed by atoms with Crippen LogP contribution in [0.4, 0.5) is 0 Å². The summed E-state index contributed by atoms with van der Waals surface area (Å²) in [6, 6.07) is 54.1. The minimum absolute atomic E-state index is 0.547. The second kappa shape index (κ2) is 13.1. The summed E-state index contributed by atoms with van der Waals surface area (Å²) in [5.74, 6) is 1.10. The summed E-state index contributed by atoms with van der Waals surface area (Å²) in [6.07, 6.45) is 10.0. The van der Waals surface area contributed by atoms with Crippen molar-refractivity contribution in [2.45, 2.75) is 13.8 Å². The van der Waals surface area contributed by atoms with Gasteiger partial charge < -0.3 is 9.13 Å². The van der Waals surface area contributed by atoms with Gasteiger partial charge in [-0.1, -0.05) is 115 Å². The summed E-state index contributed by atoms with van der Waals surface area (Å²) in [5, 5.41) is 10.0. The van der Waals surface area contributed by atoms with Crippen molar-refractivity contribution >= 4 is 104 Å². The Hall–Kier alpha value is -8.36. The van der Waals surface area contributed by atoms with Crippen molar-refractivity contribution in [3.8, 4) is 17.6 Å². The Morgan fingerprint density at radius 1 is 0.452 bits per heavy atom. The molecular formula is C54H36N8. The van der Waals surface area contributed by atoms with Crippen LogP contribution in [0.15, 0.2) is 182 Å². The van der Waals surface area contributed by atoms with Crippen LogP contribution in [0.25, 0.3) is 122 Å². The molecule has 0 N–H and O–H groups in total. The Labute approximate surface area is 354 Å². The first-order chi connectivity index (χ1) is 30.7. The van der Waals surface area contributed by atoms with E-state index in [1.54, 1.807) is 0 Å². The SMILES string of the molecule is C/C=C\C=C(/C)n1c2ccccc2c2ccc3c4ccccc4n(-c4ncc5cnc(-n6c7ccccc7c7cc8c(cc76)c6ccccc6n8-c6ccccc6)nc5n4)c3c21. The molecule has 0 aliphatic carbocycles. The van der Waals surface area contributed by atoms with Crippen LogP contribution in [0.5, 0.6) is 0 Å². The summed E-state index contributed by atoms with van der Waals surface area (Å²) in [4.78, 5) is 20.6. The number of aromatic nitrogens is 8. The fourth-order valence-electron chi connectivity index (χ4n) is 9.91. The zero-order chi connectivity index (χ0) is 41.1. The van der Waals surface area contributed by atoms with Crippen LogP contribution in [0, 0.1) is 0 Å². The Bertz CT molecular complexity index is 4060. The van der Waals surface area contributed by atoms with E-state index in [1.165, 1.54) is 16.2 Å². The zero-order valence-corrected chi connectivity index (χ0v) is 33.9. The Kier molecular flexibility index (Phi) is 7.27. The third-order valence-corrected chi connectivity index (χ3v) is 12.5. The van der Waals surface area contributed by atoms with Crippen LogP contribution < -0.4 is 0 Å². The molecule has 0 fully saturated rings. The summed E-state index contributed by atoms with van der Waals surface area (Å²) in [7, 11) is 0. The van der Waals surface area contributed by atoms with Crippen molar-refractivity contribution in [1.82, 2.24) is 38.2 Å². The molecule has 0 saturated carbocycles. The lowest BCUT2D eigenvalue weighted by atomic mass is 10.1. The van der Waals surface area contributed by atoms with Gasteiger partial charge in [0.1, 0.15) is 0 Å². The summed E-state index contributed by atoms with van der Waals surface area (Å²) in [5.41, 5.74) is 11.5. The number of allylic oxidation sites excluding steroid dienone is 4. The quantitative estimate of drug-likeness (QED) is 0.163. The molecule has 6 aromatic heterocycles. The van der Waals surface area contributed by atoms with Gasteiger partial charge in [-0.15, -0.1) is 0 Å². The summed E-state index contributed by atoms with van der Waals surface area (Å²) in [6.45, 7) is 4.22. The number of para-hydroxylation sites is 5. The highest BCUT2D eigenvalue weighted by Gasteiger charge is 2.23. The molecule has 0 saturated heterocycles. The predicted octanol–water partition coefficient (Wildman–Crippen LogP) is 13.3. The molecule has 0 spiro atoms. The number of rotatable bonds is 5. The molecule has 62 heavy (non-hydrogen) atoms. The maximum Gasteiger partial charge on any atom is 0.236 e. The van der Waals surface area contributed by atoms with Gasteiger partial charge in [0.05, 0.1) is 49.5 Å². The molecule has 13 aromatic rings. The van der Waals surface area contributed by atoms with E-state index in [0.29, 0.717) is 17.5 Å². The standard InChI is InChI=1S/C54H36N8/c1-3-4-16-33(2)59-44-23-12-8-19-36(44)40-27-28-41-37-20-9-15-26-47(37)62(51(41)50(40)59)54-56-32-34-31-55-53(57-52(34)58-54)61-46-25-14-11-22-39(46)43-29-48-42(30-49(43)61)38-21-10-13-24-45(38)60(48)35-17-6-5-7-18-35/h3-32H,1-2H3/b4-3-,33-16+. The Balaban J connectivity index is 1.08. The van der Waals surface area contributed by atoms with Crippen molar-refractivity contribution in [2.75, 3.05) is 0 Å². The third-order valence-electron chi connectivity index (χ3n) is 12.5. The monoisotopic (exact) mass is 796 g/mol. The van der Waals surface area contributed by atoms with Gasteiger partial charge in [-0.05, 0) is 68.5 Å². The first kappa shape index (κ1) is 34.5. The van der Waals surface area contributed by atoms with Crippen molar-refractivity contribution in [3.63, 3.8) is 0 Å². The number of hydrogen-bond donors (Lipinski definition) is 0. The molecule has 0 atom stereocenters. The minimum atomic E-state index is 0.547. The van der Waals surface area contributed by atoms with E-state index in [1.807, 2.05) is 19.3 Å². The molecule has 8 heteroatoms. The van der Waals surface area contributed by atoms with Crippen molar-refractivity contribution in [3.05, 3.63) is 182 Å². The smallest absolute Gasteiger partial charge is 0.236 e. The Morgan fingerprint density at radius 2 is 0.935 bits per heavy atom. The van der Waals surface area contributed by atoms with Crippen LogP contribution in [0.1, 0.15) is 13.8 Å². The lowest BCUT2D eigenvalue weighted by molar-refractivity contribution is 0.968. The van der Waals surface area contributed by atoms with E-state index in [4.69, 9.17) is 19.9 Å². The van der Waals surface area contributed by atoms with Crippen LogP contribution in [-0.4, -0.2) is 38.2 Å². The van der Waals surface area contributed by atoms with Gasteiger partial charge in [0.15, 0.2) is 5.65 Å². The van der Waals surface area contributed by atoms with E-state index in [9.17, 15) is 0 Å². The van der Waals surface area contributed by atoms with E-state index in [0.717, 1.165) is 87.8 Å². The molecule has 13 rings (SSSR count). The number of nitrogens with zero attached hydrogens (tertiary/aromatic N) is 8. The molecule has 8 nitrogen and oxygen atoms in total. The zero-order valence-electron chi connectivity index (χ0n) is 33.9. The topological polar surface area (TPSA) is 71.3 Å². The van der Waals surface area contributed by atoms with Gasteiger partial charge in [0.2, 0.25) is 11.9 Å². The maximum atomic E-state index is 5.31. The normalized spacial score (nSPS) is 12.7. The van der Waals surface area contributed by atoms with Crippen LogP contribution in [0.3, 0.4) is 0 Å². The van der Waals surface area contributed by atoms with Crippen molar-refractivity contribution in [1.29, 1.82) is 0 Å². The second-order valence-electron chi connectivity index (χ2n) is 15.9. The van der Waals surface area contributed by atoms with Crippen LogP contribution in [-0.2, 0) is 0 Å². The maximum absolute atomic E-state index is 5.31. The second-order valence-corrected chi connectivity index (χ2v) is 15.9. The Morgan fingerprint density at radius 3 is 1.56 bits per heavy atom. The predicted molar refractivity (Wildman–Crippen MR) is 256 cm³/mol. The third kappa shape index (κ3) is 4.77. The fraction of sp³-hybridized carbons (Fsp3) is 0.0370. The summed E-state index contributed by atoms with van der Waals surface area (Å²) >= 11 is 0. The average Bonchev–Trinajstić information content (AvgIpc) is 4.05. The van der Waals surface area contributed by atoms with Gasteiger partial charge >= 0.3 is 0 Å². The molecule has 0 aliphatic rings. The largest absolute Gasteiger partial charge is 0.311 e. The van der Waals surface area contributed by atoms with Crippen LogP contribution in [0.2, 0.25) is 0 Å². The first-order valence-corrected chi connectivity index (χ1v) is 20.9. The fourth-order valence-corrected chi connectivity index (χ4v) is 9.91. The van der Waals surface area contributed by atoms with Crippen molar-refractivity contribution < 1.29 is 0 Å². The van der Waals surface area contributed by atoms with E-state index >= 15 is 0 Å².